The highest BCUT2D eigenvalue weighted by molar-refractivity contribution is 7.19. The minimum atomic E-state index is 0.780. The smallest absolute Gasteiger partial charge is 0.125 e. The number of aryl methyl sites for hydroxylation is 1. The van der Waals surface area contributed by atoms with Crippen LogP contribution in [0.2, 0.25) is 4.34 Å². The van der Waals surface area contributed by atoms with Gasteiger partial charge in [-0.2, -0.15) is 5.10 Å². The predicted molar refractivity (Wildman–Crippen MR) is 61.2 cm³/mol. The number of nitrogens with one attached hydrogen (secondary N) is 2. The average molecular weight is 228 g/mol. The van der Waals surface area contributed by atoms with Crippen LogP contribution in [0, 0.1) is 6.92 Å². The average Bonchev–Trinajstić information content (AvgIpc) is 2.71. The summed E-state index contributed by atoms with van der Waals surface area (Å²) in [4.78, 5) is 1.07. The molecule has 0 aliphatic carbocycles. The Bertz CT molecular complexity index is 447. The SMILES string of the molecule is CNc1c(-c2ccc(Cl)s2)n[nH]c1C. The molecule has 3 nitrogen and oxygen atoms in total. The Kier molecular flexibility index (Phi) is 2.48. The van der Waals surface area contributed by atoms with Crippen LogP contribution in [-0.4, -0.2) is 17.2 Å². The van der Waals surface area contributed by atoms with Gasteiger partial charge in [-0.15, -0.1) is 11.3 Å². The quantitative estimate of drug-likeness (QED) is 0.828. The molecule has 0 bridgehead atoms. The summed E-state index contributed by atoms with van der Waals surface area (Å²) in [6, 6.07) is 3.86. The van der Waals surface area contributed by atoms with Gasteiger partial charge in [-0.3, -0.25) is 5.10 Å². The summed E-state index contributed by atoms with van der Waals surface area (Å²) in [5.74, 6) is 0. The summed E-state index contributed by atoms with van der Waals surface area (Å²) in [6.45, 7) is 1.98. The van der Waals surface area contributed by atoms with Gasteiger partial charge in [0.25, 0.3) is 0 Å². The summed E-state index contributed by atoms with van der Waals surface area (Å²) >= 11 is 7.40. The second kappa shape index (κ2) is 3.63. The van der Waals surface area contributed by atoms with Gasteiger partial charge < -0.3 is 5.32 Å². The number of thiophene rings is 1. The van der Waals surface area contributed by atoms with Crippen molar-refractivity contribution in [3.05, 3.63) is 22.2 Å². The number of rotatable bonds is 2. The molecule has 2 N–H and O–H groups in total. The van der Waals surface area contributed by atoms with Crippen molar-refractivity contribution in [2.24, 2.45) is 0 Å². The Labute approximate surface area is 91.1 Å². The summed E-state index contributed by atoms with van der Waals surface area (Å²) in [6.07, 6.45) is 0. The van der Waals surface area contributed by atoms with Crippen molar-refractivity contribution >= 4 is 28.6 Å². The maximum atomic E-state index is 5.87. The zero-order valence-corrected chi connectivity index (χ0v) is 9.46. The molecule has 74 valence electrons. The molecule has 0 amide bonds. The fraction of sp³-hybridized carbons (Fsp3) is 0.222. The minimum absolute atomic E-state index is 0.780. The molecule has 0 atom stereocenters. The van der Waals surface area contributed by atoms with Crippen LogP contribution in [0.15, 0.2) is 12.1 Å². The Balaban J connectivity index is 2.51. The van der Waals surface area contributed by atoms with Crippen LogP contribution < -0.4 is 5.32 Å². The topological polar surface area (TPSA) is 40.7 Å². The van der Waals surface area contributed by atoms with Gasteiger partial charge in [-0.05, 0) is 19.1 Å². The van der Waals surface area contributed by atoms with E-state index in [9.17, 15) is 0 Å². The molecule has 14 heavy (non-hydrogen) atoms. The number of H-pyrrole nitrogens is 1. The first-order chi connectivity index (χ1) is 6.72. The van der Waals surface area contributed by atoms with E-state index in [4.69, 9.17) is 11.6 Å². The Morgan fingerprint density at radius 3 is 2.86 bits per heavy atom. The first-order valence-corrected chi connectivity index (χ1v) is 5.40. The number of hydrogen-bond acceptors (Lipinski definition) is 3. The third-order valence-corrected chi connectivity index (χ3v) is 3.24. The third-order valence-electron chi connectivity index (χ3n) is 2.00. The van der Waals surface area contributed by atoms with Crippen LogP contribution in [0.5, 0.6) is 0 Å². The highest BCUT2D eigenvalue weighted by atomic mass is 35.5. The van der Waals surface area contributed by atoms with E-state index < -0.39 is 0 Å². The van der Waals surface area contributed by atoms with Gasteiger partial charge in [0, 0.05) is 7.05 Å². The molecule has 0 saturated heterocycles. The fourth-order valence-corrected chi connectivity index (χ4v) is 2.39. The van der Waals surface area contributed by atoms with Crippen molar-refractivity contribution in [2.75, 3.05) is 12.4 Å². The number of aromatic nitrogens is 2. The van der Waals surface area contributed by atoms with E-state index in [1.165, 1.54) is 11.3 Å². The molecule has 2 aromatic heterocycles. The molecule has 0 aromatic carbocycles. The van der Waals surface area contributed by atoms with Crippen LogP contribution >= 0.6 is 22.9 Å². The van der Waals surface area contributed by atoms with Crippen LogP contribution in [0.4, 0.5) is 5.69 Å². The third kappa shape index (κ3) is 1.51. The van der Waals surface area contributed by atoms with E-state index in [0.717, 1.165) is 26.3 Å². The molecule has 0 radical (unpaired) electrons. The van der Waals surface area contributed by atoms with Crippen LogP contribution in [-0.2, 0) is 0 Å². The zero-order valence-electron chi connectivity index (χ0n) is 7.89. The Hall–Kier alpha value is -1.00. The van der Waals surface area contributed by atoms with Crippen molar-refractivity contribution in [3.8, 4) is 10.6 Å². The minimum Gasteiger partial charge on any atom is -0.385 e. The second-order valence-electron chi connectivity index (χ2n) is 2.93. The van der Waals surface area contributed by atoms with Crippen molar-refractivity contribution in [1.29, 1.82) is 0 Å². The van der Waals surface area contributed by atoms with E-state index in [2.05, 4.69) is 15.5 Å². The van der Waals surface area contributed by atoms with Crippen molar-refractivity contribution in [2.45, 2.75) is 6.92 Å². The Morgan fingerprint density at radius 1 is 1.50 bits per heavy atom. The van der Waals surface area contributed by atoms with Crippen LogP contribution in [0.1, 0.15) is 5.69 Å². The lowest BCUT2D eigenvalue weighted by molar-refractivity contribution is 1.05. The van der Waals surface area contributed by atoms with Gasteiger partial charge in [0.05, 0.1) is 20.6 Å². The lowest BCUT2D eigenvalue weighted by Gasteiger charge is -1.99. The highest BCUT2D eigenvalue weighted by Crippen LogP contribution is 2.34. The molecule has 5 heteroatoms. The zero-order chi connectivity index (χ0) is 10.1. The van der Waals surface area contributed by atoms with E-state index >= 15 is 0 Å². The van der Waals surface area contributed by atoms with Crippen molar-refractivity contribution < 1.29 is 0 Å². The van der Waals surface area contributed by atoms with Crippen LogP contribution in [0.25, 0.3) is 10.6 Å². The van der Waals surface area contributed by atoms with Gasteiger partial charge in [-0.1, -0.05) is 11.6 Å². The molecular weight excluding hydrogens is 218 g/mol. The lowest BCUT2D eigenvalue weighted by Crippen LogP contribution is -1.89. The van der Waals surface area contributed by atoms with E-state index in [1.54, 1.807) is 0 Å². The van der Waals surface area contributed by atoms with Crippen LogP contribution in [0.3, 0.4) is 0 Å². The van der Waals surface area contributed by atoms with Gasteiger partial charge in [0.2, 0.25) is 0 Å². The molecule has 0 fully saturated rings. The molecule has 0 spiro atoms. The van der Waals surface area contributed by atoms with Crippen molar-refractivity contribution in [3.63, 3.8) is 0 Å². The normalized spacial score (nSPS) is 10.5. The van der Waals surface area contributed by atoms with Gasteiger partial charge in [0.1, 0.15) is 5.69 Å². The monoisotopic (exact) mass is 227 g/mol. The molecule has 0 aliphatic heterocycles. The first kappa shape index (κ1) is 9.55. The molecule has 0 aliphatic rings. The number of aromatic amines is 1. The lowest BCUT2D eigenvalue weighted by atomic mass is 10.2. The largest absolute Gasteiger partial charge is 0.385 e. The Morgan fingerprint density at radius 2 is 2.29 bits per heavy atom. The number of hydrogen-bond donors (Lipinski definition) is 2. The first-order valence-electron chi connectivity index (χ1n) is 4.21. The van der Waals surface area contributed by atoms with Gasteiger partial charge >= 0.3 is 0 Å². The standard InChI is InChI=1S/C9H10ClN3S/c1-5-8(11-2)9(13-12-5)6-3-4-7(10)14-6/h3-4,11H,1-2H3,(H,12,13). The molecular formula is C9H10ClN3S. The van der Waals surface area contributed by atoms with E-state index in [0.29, 0.717) is 0 Å². The highest BCUT2D eigenvalue weighted by Gasteiger charge is 2.12. The van der Waals surface area contributed by atoms with E-state index in [1.807, 2.05) is 26.1 Å². The molecule has 0 unspecified atom stereocenters. The van der Waals surface area contributed by atoms with Gasteiger partial charge in [-0.25, -0.2) is 0 Å². The second-order valence-corrected chi connectivity index (χ2v) is 4.64. The fourth-order valence-electron chi connectivity index (χ4n) is 1.35. The number of anilines is 1. The summed E-state index contributed by atoms with van der Waals surface area (Å²) in [5.41, 5.74) is 3.00. The molecule has 2 rings (SSSR count). The predicted octanol–water partition coefficient (Wildman–Crippen LogP) is 3.14. The maximum Gasteiger partial charge on any atom is 0.125 e. The number of halogens is 1. The molecule has 2 heterocycles. The summed E-state index contributed by atoms with van der Waals surface area (Å²) in [7, 11) is 1.89. The van der Waals surface area contributed by atoms with Gasteiger partial charge in [0.15, 0.2) is 0 Å². The van der Waals surface area contributed by atoms with E-state index in [-0.39, 0.29) is 0 Å². The summed E-state index contributed by atoms with van der Waals surface area (Å²) in [5, 5.41) is 10.3. The molecule has 0 saturated carbocycles. The van der Waals surface area contributed by atoms with Crippen molar-refractivity contribution in [1.82, 2.24) is 10.2 Å². The number of nitrogens with zero attached hydrogens (tertiary/aromatic N) is 1. The maximum absolute atomic E-state index is 5.87. The molecule has 2 aromatic rings. The summed E-state index contributed by atoms with van der Waals surface area (Å²) < 4.78 is 0.780.